The van der Waals surface area contributed by atoms with E-state index in [1.165, 1.54) is 33.4 Å². The Morgan fingerprint density at radius 3 is 2.32 bits per heavy atom. The van der Waals surface area contributed by atoms with Crippen molar-refractivity contribution in [2.75, 3.05) is 13.1 Å². The van der Waals surface area contributed by atoms with Crippen molar-refractivity contribution in [3.8, 4) is 5.75 Å². The lowest BCUT2D eigenvalue weighted by Gasteiger charge is -2.35. The molecule has 0 spiro atoms. The van der Waals surface area contributed by atoms with Gasteiger partial charge in [0.15, 0.2) is 0 Å². The molecule has 0 aromatic heterocycles. The number of phenols is 1. The van der Waals surface area contributed by atoms with Crippen LogP contribution in [0.1, 0.15) is 78.3 Å². The Kier molecular flexibility index (Phi) is 6.77. The van der Waals surface area contributed by atoms with Gasteiger partial charge in [0, 0.05) is 5.92 Å². The zero-order valence-electron chi connectivity index (χ0n) is 19.1. The number of hydrogen-bond acceptors (Lipinski definition) is 2. The molecular weight excluding hydrogens is 378 g/mol. The maximum absolute atomic E-state index is 10.0. The van der Waals surface area contributed by atoms with E-state index < -0.39 is 0 Å². The summed E-state index contributed by atoms with van der Waals surface area (Å²) in [5.74, 6) is 1.69. The molecule has 4 rings (SSSR count). The van der Waals surface area contributed by atoms with Gasteiger partial charge in [0.05, 0.1) is 0 Å². The summed E-state index contributed by atoms with van der Waals surface area (Å²) >= 11 is 0. The molecule has 3 aromatic rings. The molecule has 1 aliphatic carbocycles. The number of likely N-dealkylation sites (N-methyl/N-ethyl adjacent to an activating group) is 1. The Labute approximate surface area is 187 Å². The van der Waals surface area contributed by atoms with Gasteiger partial charge in [-0.1, -0.05) is 75.4 Å². The van der Waals surface area contributed by atoms with Gasteiger partial charge in [-0.05, 0) is 89.7 Å². The van der Waals surface area contributed by atoms with E-state index in [9.17, 15) is 5.11 Å². The SMILES string of the molecule is CCNCCc1ccc(C2c3ccc(O)cc3CC[C@@H]2c2ccc(C(C)C)cc2)cc1. The number of rotatable bonds is 7. The van der Waals surface area contributed by atoms with E-state index in [1.54, 1.807) is 0 Å². The molecule has 2 nitrogen and oxygen atoms in total. The summed E-state index contributed by atoms with van der Waals surface area (Å²) in [5, 5.41) is 13.5. The van der Waals surface area contributed by atoms with E-state index in [2.05, 4.69) is 80.7 Å². The molecule has 0 bridgehead atoms. The van der Waals surface area contributed by atoms with Gasteiger partial charge in [-0.25, -0.2) is 0 Å². The number of hydrogen-bond donors (Lipinski definition) is 2. The Bertz CT molecular complexity index is 988. The molecule has 31 heavy (non-hydrogen) atoms. The highest BCUT2D eigenvalue weighted by Crippen LogP contribution is 2.47. The molecule has 1 unspecified atom stereocenters. The van der Waals surface area contributed by atoms with Crippen LogP contribution in [0.15, 0.2) is 66.7 Å². The van der Waals surface area contributed by atoms with Crippen molar-refractivity contribution >= 4 is 0 Å². The topological polar surface area (TPSA) is 32.3 Å². The Morgan fingerprint density at radius 2 is 1.65 bits per heavy atom. The molecule has 2 N–H and O–H groups in total. The van der Waals surface area contributed by atoms with Gasteiger partial charge in [0.1, 0.15) is 5.75 Å². The van der Waals surface area contributed by atoms with Gasteiger partial charge in [-0.15, -0.1) is 0 Å². The van der Waals surface area contributed by atoms with E-state index in [0.29, 0.717) is 23.5 Å². The van der Waals surface area contributed by atoms with Crippen LogP contribution in [0, 0.1) is 0 Å². The number of nitrogens with one attached hydrogen (secondary N) is 1. The van der Waals surface area contributed by atoms with Crippen LogP contribution in [0.3, 0.4) is 0 Å². The minimum Gasteiger partial charge on any atom is -0.508 e. The summed E-state index contributed by atoms with van der Waals surface area (Å²) < 4.78 is 0. The molecule has 0 fully saturated rings. The number of fused-ring (bicyclic) bond motifs is 1. The molecule has 0 saturated heterocycles. The smallest absolute Gasteiger partial charge is 0.115 e. The fourth-order valence-electron chi connectivity index (χ4n) is 5.01. The number of aromatic hydroxyl groups is 1. The third-order valence-corrected chi connectivity index (χ3v) is 6.80. The largest absolute Gasteiger partial charge is 0.508 e. The Balaban J connectivity index is 1.69. The molecule has 1 aliphatic rings. The van der Waals surface area contributed by atoms with Crippen LogP contribution in [0.25, 0.3) is 0 Å². The third kappa shape index (κ3) is 4.85. The molecule has 2 heteroatoms. The molecule has 0 saturated carbocycles. The molecular formula is C29H35NO. The summed E-state index contributed by atoms with van der Waals surface area (Å²) in [5.41, 5.74) is 8.22. The normalized spacial score (nSPS) is 18.2. The van der Waals surface area contributed by atoms with E-state index >= 15 is 0 Å². The molecule has 0 aliphatic heterocycles. The third-order valence-electron chi connectivity index (χ3n) is 6.80. The van der Waals surface area contributed by atoms with Crippen molar-refractivity contribution in [1.82, 2.24) is 5.32 Å². The van der Waals surface area contributed by atoms with Crippen LogP contribution >= 0.6 is 0 Å². The van der Waals surface area contributed by atoms with Crippen LogP contribution in [0.2, 0.25) is 0 Å². The quantitative estimate of drug-likeness (QED) is 0.432. The highest BCUT2D eigenvalue weighted by atomic mass is 16.3. The number of aryl methyl sites for hydroxylation is 1. The Hall–Kier alpha value is -2.58. The second kappa shape index (κ2) is 9.70. The van der Waals surface area contributed by atoms with E-state index in [4.69, 9.17) is 0 Å². The maximum Gasteiger partial charge on any atom is 0.115 e. The highest BCUT2D eigenvalue weighted by Gasteiger charge is 2.32. The lowest BCUT2D eigenvalue weighted by molar-refractivity contribution is 0.469. The van der Waals surface area contributed by atoms with Crippen molar-refractivity contribution in [2.45, 2.75) is 57.8 Å². The summed E-state index contributed by atoms with van der Waals surface area (Å²) in [4.78, 5) is 0. The van der Waals surface area contributed by atoms with Crippen molar-refractivity contribution in [3.63, 3.8) is 0 Å². The summed E-state index contributed by atoms with van der Waals surface area (Å²) in [6.07, 6.45) is 3.17. The van der Waals surface area contributed by atoms with Gasteiger partial charge < -0.3 is 10.4 Å². The van der Waals surface area contributed by atoms with E-state index in [0.717, 1.165) is 32.4 Å². The van der Waals surface area contributed by atoms with Crippen LogP contribution in [-0.4, -0.2) is 18.2 Å². The highest BCUT2D eigenvalue weighted by molar-refractivity contribution is 5.48. The average Bonchev–Trinajstić information content (AvgIpc) is 2.79. The average molecular weight is 414 g/mol. The van der Waals surface area contributed by atoms with E-state index in [1.807, 2.05) is 12.1 Å². The first kappa shape index (κ1) is 21.6. The first-order valence-corrected chi connectivity index (χ1v) is 11.8. The molecule has 3 aromatic carbocycles. The zero-order valence-corrected chi connectivity index (χ0v) is 19.1. The van der Waals surface area contributed by atoms with Crippen LogP contribution in [0.5, 0.6) is 5.75 Å². The minimum absolute atomic E-state index is 0.317. The maximum atomic E-state index is 10.0. The van der Waals surface area contributed by atoms with Gasteiger partial charge in [0.25, 0.3) is 0 Å². The summed E-state index contributed by atoms with van der Waals surface area (Å²) in [6, 6.07) is 24.5. The van der Waals surface area contributed by atoms with Gasteiger partial charge >= 0.3 is 0 Å². The van der Waals surface area contributed by atoms with Crippen molar-refractivity contribution < 1.29 is 5.11 Å². The van der Waals surface area contributed by atoms with E-state index in [-0.39, 0.29) is 0 Å². The second-order valence-corrected chi connectivity index (χ2v) is 9.17. The van der Waals surface area contributed by atoms with Crippen LogP contribution < -0.4 is 5.32 Å². The molecule has 0 radical (unpaired) electrons. The van der Waals surface area contributed by atoms with Crippen molar-refractivity contribution in [3.05, 3.63) is 100 Å². The summed E-state index contributed by atoms with van der Waals surface area (Å²) in [6.45, 7) is 8.68. The first-order valence-electron chi connectivity index (χ1n) is 11.8. The predicted octanol–water partition coefficient (Wildman–Crippen LogP) is 6.53. The number of phenolic OH excluding ortho intramolecular Hbond substituents is 1. The minimum atomic E-state index is 0.317. The fraction of sp³-hybridized carbons (Fsp3) is 0.379. The molecule has 0 heterocycles. The monoisotopic (exact) mass is 413 g/mol. The number of benzene rings is 3. The Morgan fingerprint density at radius 1 is 0.935 bits per heavy atom. The predicted molar refractivity (Wildman–Crippen MR) is 130 cm³/mol. The lowest BCUT2D eigenvalue weighted by atomic mass is 9.69. The first-order chi connectivity index (χ1) is 15.1. The molecule has 2 atom stereocenters. The standard InChI is InChI=1S/C29H35NO/c1-4-30-18-17-21-5-7-24(8-6-21)29-27(23-11-9-22(10-12-23)20(2)3)15-13-25-19-26(31)14-16-28(25)29/h5-12,14,16,19-20,27,29-31H,4,13,15,17-18H2,1-3H3/t27-,29?/m1/s1. The van der Waals surface area contributed by atoms with Crippen LogP contribution in [0.4, 0.5) is 0 Å². The van der Waals surface area contributed by atoms with Crippen LogP contribution in [-0.2, 0) is 12.8 Å². The van der Waals surface area contributed by atoms with Crippen molar-refractivity contribution in [1.29, 1.82) is 0 Å². The lowest BCUT2D eigenvalue weighted by Crippen LogP contribution is -2.20. The van der Waals surface area contributed by atoms with Crippen molar-refractivity contribution in [2.24, 2.45) is 0 Å². The molecule has 0 amide bonds. The fourth-order valence-corrected chi connectivity index (χ4v) is 5.01. The molecule has 162 valence electrons. The second-order valence-electron chi connectivity index (χ2n) is 9.17. The summed E-state index contributed by atoms with van der Waals surface area (Å²) in [7, 11) is 0. The van der Waals surface area contributed by atoms with Gasteiger partial charge in [-0.3, -0.25) is 0 Å². The van der Waals surface area contributed by atoms with Gasteiger partial charge in [0.2, 0.25) is 0 Å². The van der Waals surface area contributed by atoms with Gasteiger partial charge in [-0.2, -0.15) is 0 Å². The zero-order chi connectivity index (χ0) is 21.8.